The number of amides is 1. The summed E-state index contributed by atoms with van der Waals surface area (Å²) in [6.07, 6.45) is 1.67. The summed E-state index contributed by atoms with van der Waals surface area (Å²) in [7, 11) is 1.63. The molecule has 0 aliphatic carbocycles. The van der Waals surface area contributed by atoms with Gasteiger partial charge in [-0.15, -0.1) is 0 Å². The number of carbonyl (C=O) groups excluding carboxylic acids is 1. The van der Waals surface area contributed by atoms with Crippen LogP contribution in [0.1, 0.15) is 21.5 Å². The summed E-state index contributed by atoms with van der Waals surface area (Å²) in [5.74, 6) is 0.511. The zero-order chi connectivity index (χ0) is 20.2. The molecule has 0 N–H and O–H groups in total. The molecule has 144 valence electrons. The standard InChI is InChI=1S/C23H19N3O2S/c1-16-8-10-17(11-9-16)15-24-26(22(27)18-6-4-3-5-7-18)23-25-20-13-12-19(28-2)14-21(20)29-23/h3-15H,1-2H3/b24-15+. The van der Waals surface area contributed by atoms with E-state index in [9.17, 15) is 4.79 Å². The second kappa shape index (κ2) is 8.24. The third kappa shape index (κ3) is 4.17. The third-order valence-corrected chi connectivity index (χ3v) is 5.37. The lowest BCUT2D eigenvalue weighted by Gasteiger charge is -2.13. The Balaban J connectivity index is 1.75. The molecule has 0 atom stereocenters. The Bertz CT molecular complexity index is 1170. The number of hydrogen-bond acceptors (Lipinski definition) is 5. The number of aromatic nitrogens is 1. The number of methoxy groups -OCH3 is 1. The molecule has 6 heteroatoms. The van der Waals surface area contributed by atoms with Crippen molar-refractivity contribution in [1.29, 1.82) is 0 Å². The smallest absolute Gasteiger partial charge is 0.280 e. The lowest BCUT2D eigenvalue weighted by atomic mass is 10.2. The first-order valence-corrected chi connectivity index (χ1v) is 9.90. The minimum atomic E-state index is -0.236. The van der Waals surface area contributed by atoms with Gasteiger partial charge in [0.2, 0.25) is 5.13 Å². The fourth-order valence-electron chi connectivity index (χ4n) is 2.78. The van der Waals surface area contributed by atoms with Gasteiger partial charge in [0.1, 0.15) is 5.75 Å². The summed E-state index contributed by atoms with van der Waals surface area (Å²) in [6, 6.07) is 22.7. The number of hydrazone groups is 1. The number of benzene rings is 3. The highest BCUT2D eigenvalue weighted by molar-refractivity contribution is 7.22. The second-order valence-electron chi connectivity index (χ2n) is 6.47. The predicted octanol–water partition coefficient (Wildman–Crippen LogP) is 5.29. The molecule has 0 bridgehead atoms. The molecular weight excluding hydrogens is 382 g/mol. The molecule has 0 fully saturated rings. The molecule has 5 nitrogen and oxygen atoms in total. The van der Waals surface area contributed by atoms with Gasteiger partial charge in [0.25, 0.3) is 5.91 Å². The van der Waals surface area contributed by atoms with Gasteiger partial charge in [0, 0.05) is 5.56 Å². The van der Waals surface area contributed by atoms with Crippen molar-refractivity contribution in [2.24, 2.45) is 5.10 Å². The van der Waals surface area contributed by atoms with E-state index < -0.39 is 0 Å². The van der Waals surface area contributed by atoms with E-state index in [1.807, 2.05) is 67.6 Å². The highest BCUT2D eigenvalue weighted by Crippen LogP contribution is 2.32. The summed E-state index contributed by atoms with van der Waals surface area (Å²) in [5.41, 5.74) is 3.41. The number of carbonyl (C=O) groups is 1. The van der Waals surface area contributed by atoms with Crippen LogP contribution in [-0.4, -0.2) is 24.2 Å². The predicted molar refractivity (Wildman–Crippen MR) is 118 cm³/mol. The SMILES string of the molecule is COc1ccc2nc(N(/N=C/c3ccc(C)cc3)C(=O)c3ccccc3)sc2c1. The van der Waals surface area contributed by atoms with E-state index in [-0.39, 0.29) is 5.91 Å². The number of fused-ring (bicyclic) bond motifs is 1. The van der Waals surface area contributed by atoms with Crippen molar-refractivity contribution in [2.45, 2.75) is 6.92 Å². The average Bonchev–Trinajstić information content (AvgIpc) is 3.18. The Labute approximate surface area is 172 Å². The monoisotopic (exact) mass is 401 g/mol. The average molecular weight is 401 g/mol. The van der Waals surface area contributed by atoms with Crippen LogP contribution in [0, 0.1) is 6.92 Å². The highest BCUT2D eigenvalue weighted by Gasteiger charge is 2.21. The first kappa shape index (κ1) is 18.8. The van der Waals surface area contributed by atoms with Crippen molar-refractivity contribution in [3.05, 3.63) is 89.5 Å². The Kier molecular flexibility index (Phi) is 5.35. The zero-order valence-electron chi connectivity index (χ0n) is 16.1. The van der Waals surface area contributed by atoms with Crippen molar-refractivity contribution < 1.29 is 9.53 Å². The van der Waals surface area contributed by atoms with Gasteiger partial charge in [-0.25, -0.2) is 4.98 Å². The van der Waals surface area contributed by atoms with Crippen molar-refractivity contribution in [3.8, 4) is 5.75 Å². The molecule has 0 aliphatic heterocycles. The van der Waals surface area contributed by atoms with Gasteiger partial charge >= 0.3 is 0 Å². The summed E-state index contributed by atoms with van der Waals surface area (Å²) < 4.78 is 6.22. The number of ether oxygens (including phenoxy) is 1. The zero-order valence-corrected chi connectivity index (χ0v) is 16.9. The first-order valence-electron chi connectivity index (χ1n) is 9.09. The van der Waals surface area contributed by atoms with Crippen molar-refractivity contribution in [1.82, 2.24) is 4.98 Å². The molecular formula is C23H19N3O2S. The summed E-state index contributed by atoms with van der Waals surface area (Å²) in [6.45, 7) is 2.03. The summed E-state index contributed by atoms with van der Waals surface area (Å²) >= 11 is 1.40. The Morgan fingerprint density at radius 2 is 1.83 bits per heavy atom. The maximum absolute atomic E-state index is 13.2. The van der Waals surface area contributed by atoms with Crippen molar-refractivity contribution in [2.75, 3.05) is 12.1 Å². The topological polar surface area (TPSA) is 54.8 Å². The molecule has 4 rings (SSSR count). The molecule has 0 aliphatic rings. The molecule has 1 aromatic heterocycles. The Hall–Kier alpha value is -3.51. The van der Waals surface area contributed by atoms with Crippen molar-refractivity contribution in [3.63, 3.8) is 0 Å². The van der Waals surface area contributed by atoms with Gasteiger partial charge < -0.3 is 4.74 Å². The van der Waals surface area contributed by atoms with Crippen LogP contribution in [0.25, 0.3) is 10.2 Å². The van der Waals surface area contributed by atoms with Gasteiger partial charge in [-0.05, 0) is 42.8 Å². The van der Waals surface area contributed by atoms with Crippen LogP contribution >= 0.6 is 11.3 Å². The van der Waals surface area contributed by atoms with E-state index in [0.29, 0.717) is 10.7 Å². The summed E-state index contributed by atoms with van der Waals surface area (Å²) in [4.78, 5) is 17.8. The lowest BCUT2D eigenvalue weighted by molar-refractivity contribution is 0.0988. The van der Waals surface area contributed by atoms with Gasteiger partial charge in [-0.2, -0.15) is 10.1 Å². The van der Waals surface area contributed by atoms with Crippen LogP contribution < -0.4 is 9.75 Å². The number of rotatable bonds is 5. The molecule has 0 saturated heterocycles. The van der Waals surface area contributed by atoms with Gasteiger partial charge in [-0.3, -0.25) is 4.79 Å². The molecule has 0 spiro atoms. The lowest BCUT2D eigenvalue weighted by Crippen LogP contribution is -2.25. The molecule has 0 unspecified atom stereocenters. The molecule has 3 aromatic carbocycles. The largest absolute Gasteiger partial charge is 0.497 e. The van der Waals surface area contributed by atoms with E-state index in [1.54, 1.807) is 25.5 Å². The van der Waals surface area contributed by atoms with Crippen LogP contribution in [0.5, 0.6) is 5.75 Å². The van der Waals surface area contributed by atoms with Crippen molar-refractivity contribution >= 4 is 38.8 Å². The number of nitrogens with zero attached hydrogens (tertiary/aromatic N) is 3. The van der Waals surface area contributed by atoms with Crippen LogP contribution in [0.3, 0.4) is 0 Å². The van der Waals surface area contributed by atoms with E-state index >= 15 is 0 Å². The molecule has 4 aromatic rings. The van der Waals surface area contributed by atoms with Crippen LogP contribution in [0.15, 0.2) is 77.9 Å². The minimum Gasteiger partial charge on any atom is -0.497 e. The Morgan fingerprint density at radius 3 is 2.55 bits per heavy atom. The maximum atomic E-state index is 13.2. The van der Waals surface area contributed by atoms with Crippen LogP contribution in [0.2, 0.25) is 0 Å². The third-order valence-electron chi connectivity index (χ3n) is 4.38. The summed E-state index contributed by atoms with van der Waals surface area (Å²) in [5, 5.41) is 6.34. The second-order valence-corrected chi connectivity index (χ2v) is 7.48. The normalized spacial score (nSPS) is 11.1. The molecule has 0 saturated carbocycles. The minimum absolute atomic E-state index is 0.236. The Morgan fingerprint density at radius 1 is 1.07 bits per heavy atom. The van der Waals surface area contributed by atoms with Gasteiger partial charge in [0.15, 0.2) is 0 Å². The van der Waals surface area contributed by atoms with E-state index in [1.165, 1.54) is 21.9 Å². The fraction of sp³-hybridized carbons (Fsp3) is 0.0870. The number of anilines is 1. The highest BCUT2D eigenvalue weighted by atomic mass is 32.1. The van der Waals surface area contributed by atoms with E-state index in [4.69, 9.17) is 4.74 Å². The number of thiazole rings is 1. The molecule has 1 amide bonds. The first-order chi connectivity index (χ1) is 14.1. The molecule has 1 heterocycles. The number of hydrogen-bond donors (Lipinski definition) is 0. The van der Waals surface area contributed by atoms with E-state index in [0.717, 1.165) is 21.5 Å². The quantitative estimate of drug-likeness (QED) is 0.337. The number of aryl methyl sites for hydroxylation is 1. The maximum Gasteiger partial charge on any atom is 0.280 e. The van der Waals surface area contributed by atoms with Gasteiger partial charge in [0.05, 0.1) is 23.5 Å². The van der Waals surface area contributed by atoms with Crippen LogP contribution in [0.4, 0.5) is 5.13 Å². The van der Waals surface area contributed by atoms with Crippen LogP contribution in [-0.2, 0) is 0 Å². The van der Waals surface area contributed by atoms with E-state index in [2.05, 4.69) is 10.1 Å². The van der Waals surface area contributed by atoms with Gasteiger partial charge in [-0.1, -0.05) is 59.4 Å². The molecule has 29 heavy (non-hydrogen) atoms. The fourth-order valence-corrected chi connectivity index (χ4v) is 3.73. The molecule has 0 radical (unpaired) electrons.